The number of piperidine rings is 1. The van der Waals surface area contributed by atoms with E-state index >= 15 is 0 Å². The molecule has 3 unspecified atom stereocenters. The fourth-order valence-corrected chi connectivity index (χ4v) is 5.83. The van der Waals surface area contributed by atoms with Crippen LogP contribution in [0, 0.1) is 23.7 Å². The molecule has 3 amide bonds. The zero-order chi connectivity index (χ0) is 24.8. The lowest BCUT2D eigenvalue weighted by Crippen LogP contribution is -2.64. The minimum atomic E-state index is -0.905. The molecule has 2 aliphatic rings. The number of amides is 3. The summed E-state index contributed by atoms with van der Waals surface area (Å²) in [6.07, 6.45) is 1.64. The minimum Gasteiger partial charge on any atom is -0.324 e. The van der Waals surface area contributed by atoms with Crippen LogP contribution in [-0.2, 0) is 20.8 Å². The Bertz CT molecular complexity index is 1120. The number of aryl methyl sites for hydroxylation is 1. The Hall–Kier alpha value is -2.95. The van der Waals surface area contributed by atoms with Gasteiger partial charge in [-0.2, -0.15) is 0 Å². The van der Waals surface area contributed by atoms with Gasteiger partial charge in [0.15, 0.2) is 0 Å². The summed E-state index contributed by atoms with van der Waals surface area (Å²) >= 11 is 0. The maximum atomic E-state index is 13.9. The highest BCUT2D eigenvalue weighted by molar-refractivity contribution is 6.09. The van der Waals surface area contributed by atoms with Crippen molar-refractivity contribution < 1.29 is 14.4 Å². The molecule has 5 heteroatoms. The number of hydrogen-bond donors (Lipinski definition) is 1. The number of carbonyl (C=O) groups excluding carboxylic acids is 3. The topological polar surface area (TPSA) is 66.5 Å². The van der Waals surface area contributed by atoms with Crippen LogP contribution in [0.4, 0.5) is 5.69 Å². The number of benzene rings is 2. The van der Waals surface area contributed by atoms with Crippen LogP contribution in [0.3, 0.4) is 0 Å². The SMILES string of the molecule is Cc1cccc(C(C)C)c1NC(=O)C(Cc1ccccc1)N1C(=O)C2CCC(C)(C1=O)C2(C)C. The predicted octanol–water partition coefficient (Wildman–Crippen LogP) is 5.48. The van der Waals surface area contributed by atoms with Crippen LogP contribution >= 0.6 is 0 Å². The molecule has 0 radical (unpaired) electrons. The number of para-hydroxylation sites is 1. The van der Waals surface area contributed by atoms with Crippen molar-refractivity contribution in [2.75, 3.05) is 5.32 Å². The van der Waals surface area contributed by atoms with Crippen molar-refractivity contribution in [3.8, 4) is 0 Å². The zero-order valence-corrected chi connectivity index (χ0v) is 21.1. The predicted molar refractivity (Wildman–Crippen MR) is 134 cm³/mol. The van der Waals surface area contributed by atoms with Gasteiger partial charge < -0.3 is 5.32 Å². The van der Waals surface area contributed by atoms with Crippen LogP contribution in [0.2, 0.25) is 0 Å². The quantitative estimate of drug-likeness (QED) is 0.581. The fourth-order valence-electron chi connectivity index (χ4n) is 5.83. The van der Waals surface area contributed by atoms with Gasteiger partial charge in [-0.05, 0) is 47.8 Å². The highest BCUT2D eigenvalue weighted by atomic mass is 16.2. The molecule has 1 aliphatic carbocycles. The number of fused-ring (bicyclic) bond motifs is 2. The van der Waals surface area contributed by atoms with Crippen LogP contribution in [0.25, 0.3) is 0 Å². The van der Waals surface area contributed by atoms with Crippen molar-refractivity contribution in [1.29, 1.82) is 0 Å². The standard InChI is InChI=1S/C29H36N2O3/c1-18(2)21-14-10-11-19(3)24(21)30-25(32)23(17-20-12-8-7-9-13-20)31-26(33)22-15-16-29(6,27(31)34)28(22,4)5/h7-14,18,22-23H,15-17H2,1-6H3,(H,30,32). The van der Waals surface area contributed by atoms with Gasteiger partial charge in [-0.3, -0.25) is 19.3 Å². The summed E-state index contributed by atoms with van der Waals surface area (Å²) in [6, 6.07) is 14.7. The van der Waals surface area contributed by atoms with Crippen molar-refractivity contribution >= 4 is 23.4 Å². The van der Waals surface area contributed by atoms with E-state index in [2.05, 4.69) is 19.2 Å². The molecule has 1 aliphatic heterocycles. The lowest BCUT2D eigenvalue weighted by Gasteiger charge is -2.49. The highest BCUT2D eigenvalue weighted by Gasteiger charge is 2.65. The number of imide groups is 1. The first-order valence-electron chi connectivity index (χ1n) is 12.3. The molecule has 180 valence electrons. The van der Waals surface area contributed by atoms with Gasteiger partial charge in [-0.15, -0.1) is 0 Å². The summed E-state index contributed by atoms with van der Waals surface area (Å²) in [5.74, 6) is -0.789. The monoisotopic (exact) mass is 460 g/mol. The third-order valence-electron chi connectivity index (χ3n) is 8.51. The van der Waals surface area contributed by atoms with Gasteiger partial charge in [-0.25, -0.2) is 0 Å². The lowest BCUT2D eigenvalue weighted by atomic mass is 9.62. The Labute approximate surface area is 202 Å². The normalized spacial score (nSPS) is 24.4. The van der Waals surface area contributed by atoms with Crippen LogP contribution in [-0.4, -0.2) is 28.7 Å². The molecule has 4 rings (SSSR count). The molecular weight excluding hydrogens is 424 g/mol. The molecule has 2 aromatic carbocycles. The van der Waals surface area contributed by atoms with Crippen LogP contribution in [0.1, 0.15) is 70.1 Å². The zero-order valence-electron chi connectivity index (χ0n) is 21.1. The Kier molecular flexibility index (Phi) is 6.17. The van der Waals surface area contributed by atoms with Crippen LogP contribution in [0.15, 0.2) is 48.5 Å². The van der Waals surface area contributed by atoms with Gasteiger partial charge in [0.2, 0.25) is 17.7 Å². The second kappa shape index (κ2) is 8.68. The van der Waals surface area contributed by atoms with Crippen molar-refractivity contribution in [2.45, 2.75) is 72.8 Å². The number of likely N-dealkylation sites (tertiary alicyclic amines) is 1. The maximum absolute atomic E-state index is 13.9. The smallest absolute Gasteiger partial charge is 0.248 e. The fraction of sp³-hybridized carbons (Fsp3) is 0.483. The van der Waals surface area contributed by atoms with Gasteiger partial charge in [0.05, 0.1) is 5.41 Å². The molecule has 3 atom stereocenters. The van der Waals surface area contributed by atoms with Crippen molar-refractivity contribution in [1.82, 2.24) is 4.90 Å². The van der Waals surface area contributed by atoms with Crippen molar-refractivity contribution in [3.05, 3.63) is 65.2 Å². The third kappa shape index (κ3) is 3.75. The van der Waals surface area contributed by atoms with Crippen molar-refractivity contribution in [2.24, 2.45) is 16.7 Å². The number of nitrogens with zero attached hydrogens (tertiary/aromatic N) is 1. The Morgan fingerprint density at radius 3 is 2.38 bits per heavy atom. The van der Waals surface area contributed by atoms with E-state index in [1.165, 1.54) is 4.90 Å². The first-order valence-corrected chi connectivity index (χ1v) is 12.3. The summed E-state index contributed by atoms with van der Waals surface area (Å²) in [7, 11) is 0. The Morgan fingerprint density at radius 1 is 1.06 bits per heavy atom. The van der Waals surface area contributed by atoms with E-state index in [1.807, 2.05) is 76.2 Å². The Morgan fingerprint density at radius 2 is 1.74 bits per heavy atom. The van der Waals surface area contributed by atoms with Gasteiger partial charge in [-0.1, -0.05) is 83.1 Å². The number of nitrogens with one attached hydrogen (secondary N) is 1. The molecule has 2 aromatic rings. The molecule has 0 aromatic heterocycles. The largest absolute Gasteiger partial charge is 0.324 e. The van der Waals surface area contributed by atoms with E-state index in [1.54, 1.807) is 0 Å². The van der Waals surface area contributed by atoms with E-state index in [4.69, 9.17) is 0 Å². The summed E-state index contributed by atoms with van der Waals surface area (Å²) < 4.78 is 0. The molecular formula is C29H36N2O3. The van der Waals surface area contributed by atoms with E-state index < -0.39 is 16.9 Å². The molecule has 2 bridgehead atoms. The lowest BCUT2D eigenvalue weighted by molar-refractivity contribution is -0.172. The second-order valence-electron chi connectivity index (χ2n) is 11.0. The summed E-state index contributed by atoms with van der Waals surface area (Å²) in [5.41, 5.74) is 2.60. The molecule has 34 heavy (non-hydrogen) atoms. The average molecular weight is 461 g/mol. The van der Waals surface area contributed by atoms with Crippen molar-refractivity contribution in [3.63, 3.8) is 0 Å². The van der Waals surface area contributed by atoms with E-state index in [0.717, 1.165) is 22.4 Å². The van der Waals surface area contributed by atoms with Crippen LogP contribution < -0.4 is 5.32 Å². The summed E-state index contributed by atoms with van der Waals surface area (Å²) in [5, 5.41) is 3.12. The third-order valence-corrected chi connectivity index (χ3v) is 8.51. The first-order chi connectivity index (χ1) is 16.0. The molecule has 5 nitrogen and oxygen atoms in total. The molecule has 1 N–H and O–H groups in total. The maximum Gasteiger partial charge on any atom is 0.248 e. The van der Waals surface area contributed by atoms with E-state index in [0.29, 0.717) is 12.8 Å². The molecule has 1 saturated heterocycles. The molecule has 1 saturated carbocycles. The Balaban J connectivity index is 1.75. The summed E-state index contributed by atoms with van der Waals surface area (Å²) in [4.78, 5) is 42.8. The molecule has 2 fully saturated rings. The number of rotatable bonds is 6. The van der Waals surface area contributed by atoms with Crippen LogP contribution in [0.5, 0.6) is 0 Å². The van der Waals surface area contributed by atoms with E-state index in [-0.39, 0.29) is 36.0 Å². The molecule has 1 heterocycles. The van der Waals surface area contributed by atoms with E-state index in [9.17, 15) is 14.4 Å². The highest BCUT2D eigenvalue weighted by Crippen LogP contribution is 2.60. The summed E-state index contributed by atoms with van der Waals surface area (Å²) in [6.45, 7) is 12.1. The number of hydrogen-bond acceptors (Lipinski definition) is 3. The van der Waals surface area contributed by atoms with Gasteiger partial charge in [0.1, 0.15) is 6.04 Å². The molecule has 0 spiro atoms. The van der Waals surface area contributed by atoms with Gasteiger partial charge in [0.25, 0.3) is 0 Å². The average Bonchev–Trinajstić information content (AvgIpc) is 2.97. The van der Waals surface area contributed by atoms with Gasteiger partial charge in [0, 0.05) is 18.0 Å². The van der Waals surface area contributed by atoms with Gasteiger partial charge >= 0.3 is 0 Å². The first kappa shape index (κ1) is 24.2. The number of carbonyl (C=O) groups is 3. The second-order valence-corrected chi connectivity index (χ2v) is 11.0. The minimum absolute atomic E-state index is 0.213. The number of anilines is 1.